The molecule has 0 radical (unpaired) electrons. The van der Waals surface area contributed by atoms with Gasteiger partial charge in [-0.1, -0.05) is 12.1 Å². The smallest absolute Gasteiger partial charge is 0.414 e. The van der Waals surface area contributed by atoms with Crippen LogP contribution in [0.4, 0.5) is 0 Å². The van der Waals surface area contributed by atoms with Crippen molar-refractivity contribution in [2.45, 2.75) is 6.54 Å². The zero-order chi connectivity index (χ0) is 17.8. The third-order valence-electron chi connectivity index (χ3n) is 2.72. The van der Waals surface area contributed by atoms with Gasteiger partial charge < -0.3 is 29.9 Å². The number of carboxylic acids is 2. The maximum atomic E-state index is 9.10. The van der Waals surface area contributed by atoms with Crippen molar-refractivity contribution in [3.63, 3.8) is 0 Å². The summed E-state index contributed by atoms with van der Waals surface area (Å²) in [5.41, 5.74) is 1.12. The number of likely N-dealkylation sites (N-methyl/N-ethyl adjacent to an activating group) is 1. The summed E-state index contributed by atoms with van der Waals surface area (Å²) < 4.78 is 10.6. The second kappa shape index (κ2) is 11.3. The van der Waals surface area contributed by atoms with Gasteiger partial charge >= 0.3 is 11.9 Å². The molecule has 8 nitrogen and oxygen atoms in total. The Balaban J connectivity index is 0.000000688. The van der Waals surface area contributed by atoms with E-state index in [2.05, 4.69) is 24.3 Å². The molecule has 0 unspecified atom stereocenters. The third-order valence-corrected chi connectivity index (χ3v) is 2.72. The summed E-state index contributed by atoms with van der Waals surface area (Å²) in [6, 6.07) is 5.93. The van der Waals surface area contributed by atoms with E-state index in [0.29, 0.717) is 0 Å². The topological polar surface area (TPSA) is 108 Å². The van der Waals surface area contributed by atoms with Crippen LogP contribution in [0.25, 0.3) is 0 Å². The van der Waals surface area contributed by atoms with Gasteiger partial charge in [-0.3, -0.25) is 0 Å². The van der Waals surface area contributed by atoms with E-state index in [9.17, 15) is 0 Å². The maximum absolute atomic E-state index is 9.10. The number of methoxy groups -OCH3 is 2. The molecule has 0 aromatic heterocycles. The van der Waals surface area contributed by atoms with Gasteiger partial charge in [-0.2, -0.15) is 0 Å². The molecule has 0 fully saturated rings. The van der Waals surface area contributed by atoms with Gasteiger partial charge in [-0.05, 0) is 20.2 Å². The maximum Gasteiger partial charge on any atom is 0.414 e. The lowest BCUT2D eigenvalue weighted by Crippen LogP contribution is -2.26. The van der Waals surface area contributed by atoms with Crippen molar-refractivity contribution in [1.82, 2.24) is 10.2 Å². The van der Waals surface area contributed by atoms with E-state index in [1.807, 2.05) is 18.2 Å². The molecule has 0 aliphatic carbocycles. The molecule has 23 heavy (non-hydrogen) atoms. The van der Waals surface area contributed by atoms with Gasteiger partial charge in [0.1, 0.15) is 0 Å². The van der Waals surface area contributed by atoms with Crippen molar-refractivity contribution in [3.05, 3.63) is 23.8 Å². The molecular formula is C15H24N2O6. The summed E-state index contributed by atoms with van der Waals surface area (Å²) in [6.45, 7) is 2.76. The number of ether oxygens (including phenoxy) is 2. The highest BCUT2D eigenvalue weighted by Crippen LogP contribution is 2.30. The Labute approximate surface area is 135 Å². The molecule has 0 bridgehead atoms. The van der Waals surface area contributed by atoms with Crippen LogP contribution in [0.5, 0.6) is 11.5 Å². The predicted octanol–water partition coefficient (Wildman–Crippen LogP) is 0.511. The number of carbonyl (C=O) groups is 2. The van der Waals surface area contributed by atoms with E-state index in [1.165, 1.54) is 0 Å². The van der Waals surface area contributed by atoms with Crippen molar-refractivity contribution in [3.8, 4) is 11.5 Å². The molecule has 8 heteroatoms. The second-order valence-corrected chi connectivity index (χ2v) is 4.74. The lowest BCUT2D eigenvalue weighted by molar-refractivity contribution is -0.159. The van der Waals surface area contributed by atoms with Crippen molar-refractivity contribution in [1.29, 1.82) is 0 Å². The number of rotatable bonds is 7. The number of para-hydroxylation sites is 1. The first-order valence-electron chi connectivity index (χ1n) is 6.85. The van der Waals surface area contributed by atoms with E-state index in [1.54, 1.807) is 14.2 Å². The van der Waals surface area contributed by atoms with E-state index in [0.717, 1.165) is 36.7 Å². The lowest BCUT2D eigenvalue weighted by Gasteiger charge is -2.14. The van der Waals surface area contributed by atoms with Gasteiger partial charge in [-0.15, -0.1) is 0 Å². The molecule has 1 aromatic rings. The Kier molecular flexibility index (Phi) is 10.1. The number of aliphatic carboxylic acids is 2. The lowest BCUT2D eigenvalue weighted by atomic mass is 10.2. The first-order valence-corrected chi connectivity index (χ1v) is 6.85. The van der Waals surface area contributed by atoms with Crippen LogP contribution < -0.4 is 14.8 Å². The van der Waals surface area contributed by atoms with E-state index in [-0.39, 0.29) is 0 Å². The van der Waals surface area contributed by atoms with Crippen LogP contribution in [0.2, 0.25) is 0 Å². The fourth-order valence-corrected chi connectivity index (χ4v) is 1.62. The molecule has 0 saturated heterocycles. The quantitative estimate of drug-likeness (QED) is 0.491. The van der Waals surface area contributed by atoms with E-state index in [4.69, 9.17) is 29.3 Å². The molecule has 1 aromatic carbocycles. The molecular weight excluding hydrogens is 304 g/mol. The number of nitrogens with one attached hydrogen (secondary N) is 1. The molecule has 1 rings (SSSR count). The van der Waals surface area contributed by atoms with Crippen LogP contribution in [0.15, 0.2) is 18.2 Å². The van der Waals surface area contributed by atoms with Gasteiger partial charge in [0.2, 0.25) is 0 Å². The standard InChI is InChI=1S/C13H22N2O2.C2H2O4/c1-15(2)9-8-14-10-11-6-5-7-12(16-3)13(11)17-4;3-1(4)2(5)6/h5-7,14H,8-10H2,1-4H3;(H,3,4)(H,5,6). The molecule has 0 saturated carbocycles. The van der Waals surface area contributed by atoms with Crippen molar-refractivity contribution >= 4 is 11.9 Å². The zero-order valence-electron chi connectivity index (χ0n) is 13.8. The molecule has 0 heterocycles. The van der Waals surface area contributed by atoms with Crippen molar-refractivity contribution in [2.24, 2.45) is 0 Å². The largest absolute Gasteiger partial charge is 0.493 e. The highest BCUT2D eigenvalue weighted by molar-refractivity contribution is 6.27. The minimum absolute atomic E-state index is 0.777. The first-order chi connectivity index (χ1) is 10.8. The summed E-state index contributed by atoms with van der Waals surface area (Å²) >= 11 is 0. The highest BCUT2D eigenvalue weighted by atomic mass is 16.5. The van der Waals surface area contributed by atoms with Crippen LogP contribution in [0.3, 0.4) is 0 Å². The number of carboxylic acid groups (broad SMARTS) is 2. The van der Waals surface area contributed by atoms with Crippen molar-refractivity contribution < 1.29 is 29.3 Å². The van der Waals surface area contributed by atoms with E-state index < -0.39 is 11.9 Å². The number of hydrogen-bond acceptors (Lipinski definition) is 6. The van der Waals surface area contributed by atoms with Crippen LogP contribution in [-0.4, -0.2) is 68.5 Å². The zero-order valence-corrected chi connectivity index (χ0v) is 13.8. The Morgan fingerprint density at radius 2 is 1.74 bits per heavy atom. The molecule has 0 aliphatic heterocycles. The monoisotopic (exact) mass is 328 g/mol. The molecule has 0 aliphatic rings. The van der Waals surface area contributed by atoms with Gasteiger partial charge in [0.05, 0.1) is 14.2 Å². The Morgan fingerprint density at radius 3 is 2.17 bits per heavy atom. The van der Waals surface area contributed by atoms with Gasteiger partial charge in [0.15, 0.2) is 11.5 Å². The molecule has 0 spiro atoms. The second-order valence-electron chi connectivity index (χ2n) is 4.74. The van der Waals surface area contributed by atoms with Crippen LogP contribution in [-0.2, 0) is 16.1 Å². The van der Waals surface area contributed by atoms with Gasteiger partial charge in [0, 0.05) is 25.2 Å². The average molecular weight is 328 g/mol. The number of hydrogen-bond donors (Lipinski definition) is 3. The van der Waals surface area contributed by atoms with Crippen LogP contribution in [0, 0.1) is 0 Å². The van der Waals surface area contributed by atoms with Gasteiger partial charge in [0.25, 0.3) is 0 Å². The Bertz CT molecular complexity index is 493. The summed E-state index contributed by atoms with van der Waals surface area (Å²) in [5.74, 6) is -2.06. The first kappa shape index (κ1) is 20.7. The molecule has 130 valence electrons. The predicted molar refractivity (Wildman–Crippen MR) is 85.1 cm³/mol. The highest BCUT2D eigenvalue weighted by Gasteiger charge is 2.08. The van der Waals surface area contributed by atoms with Crippen LogP contribution >= 0.6 is 0 Å². The Morgan fingerprint density at radius 1 is 1.13 bits per heavy atom. The molecule has 0 atom stereocenters. The Hall–Kier alpha value is -2.32. The van der Waals surface area contributed by atoms with Crippen LogP contribution in [0.1, 0.15) is 5.56 Å². The minimum Gasteiger partial charge on any atom is -0.493 e. The minimum atomic E-state index is -1.82. The number of benzene rings is 1. The number of nitrogens with zero attached hydrogens (tertiary/aromatic N) is 1. The normalized spacial score (nSPS) is 9.78. The SMILES string of the molecule is COc1cccc(CNCCN(C)C)c1OC.O=C(O)C(=O)O. The average Bonchev–Trinajstić information content (AvgIpc) is 2.51. The van der Waals surface area contributed by atoms with Gasteiger partial charge in [-0.25, -0.2) is 9.59 Å². The fourth-order valence-electron chi connectivity index (χ4n) is 1.62. The third kappa shape index (κ3) is 8.64. The summed E-state index contributed by atoms with van der Waals surface area (Å²) in [4.78, 5) is 20.3. The summed E-state index contributed by atoms with van der Waals surface area (Å²) in [6.07, 6.45) is 0. The molecule has 0 amide bonds. The van der Waals surface area contributed by atoms with Crippen molar-refractivity contribution in [2.75, 3.05) is 41.4 Å². The summed E-state index contributed by atoms with van der Waals surface area (Å²) in [7, 11) is 7.45. The van der Waals surface area contributed by atoms with E-state index >= 15 is 0 Å². The molecule has 3 N–H and O–H groups in total. The summed E-state index contributed by atoms with van der Waals surface area (Å²) in [5, 5.41) is 18.2. The fraction of sp³-hybridized carbons (Fsp3) is 0.467.